The van der Waals surface area contributed by atoms with Crippen LogP contribution < -0.4 is 5.32 Å². The maximum absolute atomic E-state index is 12.4. The number of aromatic nitrogens is 2. The average molecular weight is 402 g/mol. The fourth-order valence-electron chi connectivity index (χ4n) is 6.35. The lowest BCUT2D eigenvalue weighted by Crippen LogP contribution is -2.56. The summed E-state index contributed by atoms with van der Waals surface area (Å²) in [4.78, 5) is 29.7. The van der Waals surface area contributed by atoms with Crippen molar-refractivity contribution in [3.63, 3.8) is 0 Å². The first-order valence-corrected chi connectivity index (χ1v) is 11.2. The molecule has 1 amide bonds. The summed E-state index contributed by atoms with van der Waals surface area (Å²) in [5.74, 6) is 1.96. The highest BCUT2D eigenvalue weighted by molar-refractivity contribution is 7.15. The van der Waals surface area contributed by atoms with Gasteiger partial charge in [-0.2, -0.15) is 0 Å². The summed E-state index contributed by atoms with van der Waals surface area (Å²) in [5.41, 5.74) is 0.926. The Morgan fingerprint density at radius 3 is 2.61 bits per heavy atom. The van der Waals surface area contributed by atoms with Crippen molar-refractivity contribution in [1.29, 1.82) is 0 Å². The van der Waals surface area contributed by atoms with Gasteiger partial charge < -0.3 is 10.1 Å². The number of fused-ring (bicyclic) bond motifs is 1. The van der Waals surface area contributed by atoms with Crippen molar-refractivity contribution in [2.75, 3.05) is 6.61 Å². The van der Waals surface area contributed by atoms with E-state index in [0.717, 1.165) is 22.7 Å². The molecule has 6 rings (SSSR count). The molecule has 0 radical (unpaired) electrons. The van der Waals surface area contributed by atoms with Gasteiger partial charge in [0.15, 0.2) is 11.6 Å². The second-order valence-electron chi connectivity index (χ2n) is 9.23. The zero-order valence-electron chi connectivity index (χ0n) is 16.2. The molecule has 2 heterocycles. The molecule has 0 saturated heterocycles. The van der Waals surface area contributed by atoms with E-state index in [1.807, 2.05) is 22.2 Å². The number of imidazole rings is 1. The predicted molar refractivity (Wildman–Crippen MR) is 106 cm³/mol. The van der Waals surface area contributed by atoms with Crippen LogP contribution in [-0.4, -0.2) is 33.9 Å². The molecule has 2 aromatic heterocycles. The van der Waals surface area contributed by atoms with Crippen LogP contribution in [0.1, 0.15) is 51.1 Å². The number of thiazole rings is 1. The molecule has 7 heteroatoms. The summed E-state index contributed by atoms with van der Waals surface area (Å²) in [6.45, 7) is 1.93. The highest BCUT2D eigenvalue weighted by atomic mass is 32.1. The fourth-order valence-corrected chi connectivity index (χ4v) is 7.07. The normalized spacial score (nSPS) is 31.8. The van der Waals surface area contributed by atoms with Crippen LogP contribution in [-0.2, 0) is 20.7 Å². The van der Waals surface area contributed by atoms with Crippen molar-refractivity contribution in [3.8, 4) is 0 Å². The third kappa shape index (κ3) is 3.34. The molecule has 150 valence electrons. The highest BCUT2D eigenvalue weighted by Gasteiger charge is 2.53. The number of hydrogen-bond donors (Lipinski definition) is 1. The Bertz CT molecular complexity index is 838. The minimum Gasteiger partial charge on any atom is -0.455 e. The summed E-state index contributed by atoms with van der Waals surface area (Å²) in [6.07, 6.45) is 11.7. The zero-order chi connectivity index (χ0) is 19.3. The number of rotatable bonds is 6. The van der Waals surface area contributed by atoms with E-state index in [0.29, 0.717) is 5.69 Å². The Hall–Kier alpha value is -1.89. The van der Waals surface area contributed by atoms with Crippen molar-refractivity contribution in [2.45, 2.75) is 57.9 Å². The first kappa shape index (κ1) is 18.2. The van der Waals surface area contributed by atoms with Crippen LogP contribution in [0.5, 0.6) is 0 Å². The van der Waals surface area contributed by atoms with Crippen molar-refractivity contribution in [3.05, 3.63) is 23.5 Å². The van der Waals surface area contributed by atoms with Crippen LogP contribution in [0, 0.1) is 23.2 Å². The van der Waals surface area contributed by atoms with Crippen LogP contribution in [0.4, 0.5) is 0 Å². The van der Waals surface area contributed by atoms with E-state index < -0.39 is 5.97 Å². The molecule has 0 spiro atoms. The van der Waals surface area contributed by atoms with Gasteiger partial charge in [-0.1, -0.05) is 0 Å². The first-order valence-electron chi connectivity index (χ1n) is 10.4. The molecule has 28 heavy (non-hydrogen) atoms. The lowest BCUT2D eigenvalue weighted by Gasteiger charge is -2.59. The maximum atomic E-state index is 12.4. The third-order valence-corrected chi connectivity index (χ3v) is 7.99. The van der Waals surface area contributed by atoms with E-state index in [1.165, 1.54) is 49.9 Å². The Morgan fingerprint density at radius 2 is 1.96 bits per heavy atom. The van der Waals surface area contributed by atoms with E-state index in [9.17, 15) is 9.59 Å². The van der Waals surface area contributed by atoms with Gasteiger partial charge in [-0.25, -0.2) is 4.98 Å². The number of esters is 1. The summed E-state index contributed by atoms with van der Waals surface area (Å²) in [7, 11) is 0. The number of ether oxygens (including phenoxy) is 1. The number of carbonyl (C=O) groups is 2. The van der Waals surface area contributed by atoms with Crippen LogP contribution >= 0.6 is 11.3 Å². The number of hydrogen-bond acceptors (Lipinski definition) is 5. The summed E-state index contributed by atoms with van der Waals surface area (Å²) >= 11 is 1.52. The van der Waals surface area contributed by atoms with Crippen LogP contribution in [0.15, 0.2) is 17.8 Å². The summed E-state index contributed by atoms with van der Waals surface area (Å²) < 4.78 is 7.09. The monoisotopic (exact) mass is 401 g/mol. The highest BCUT2D eigenvalue weighted by Crippen LogP contribution is 2.61. The predicted octanol–water partition coefficient (Wildman–Crippen LogP) is 3.20. The van der Waals surface area contributed by atoms with E-state index in [4.69, 9.17) is 4.74 Å². The minimum atomic E-state index is -0.414. The van der Waals surface area contributed by atoms with E-state index in [-0.39, 0.29) is 30.4 Å². The average Bonchev–Trinajstić information content (AvgIpc) is 3.20. The third-order valence-electron chi connectivity index (χ3n) is 7.21. The van der Waals surface area contributed by atoms with Crippen LogP contribution in [0.2, 0.25) is 0 Å². The molecule has 0 aromatic carbocycles. The molecule has 6 nitrogen and oxygen atoms in total. The van der Waals surface area contributed by atoms with E-state index in [2.05, 4.69) is 17.2 Å². The molecule has 0 aliphatic heterocycles. The maximum Gasteiger partial charge on any atom is 0.312 e. The number of amides is 1. The molecule has 1 N–H and O–H groups in total. The Balaban J connectivity index is 1.12. The molecule has 4 fully saturated rings. The standard InChI is InChI=1S/C21H27N3O3S/c1-13(21-8-14-4-15(9-21)6-16(5-14)10-21)22-18(25)12-27-19(26)7-17-11-24-2-3-28-20(24)23-17/h2-3,11,13-16H,4-10,12H2,1H3,(H,22,25)/t13-,14?,15?,16?,21?/m0/s1. The second kappa shape index (κ2) is 6.87. The molecule has 2 aromatic rings. The molecule has 4 saturated carbocycles. The molecule has 0 unspecified atom stereocenters. The molecule has 4 aliphatic carbocycles. The van der Waals surface area contributed by atoms with Crippen LogP contribution in [0.25, 0.3) is 4.96 Å². The van der Waals surface area contributed by atoms with Gasteiger partial charge in [0.1, 0.15) is 0 Å². The zero-order valence-corrected chi connectivity index (χ0v) is 17.0. The molecular formula is C21H27N3O3S. The summed E-state index contributed by atoms with van der Waals surface area (Å²) in [6, 6.07) is 0.145. The van der Waals surface area contributed by atoms with Crippen molar-refractivity contribution in [1.82, 2.24) is 14.7 Å². The molecule has 4 aliphatic rings. The van der Waals surface area contributed by atoms with Gasteiger partial charge in [-0.3, -0.25) is 14.0 Å². The lowest BCUT2D eigenvalue weighted by atomic mass is 9.48. The van der Waals surface area contributed by atoms with Gasteiger partial charge in [-0.15, -0.1) is 11.3 Å². The fraction of sp³-hybridized carbons (Fsp3) is 0.667. The number of nitrogens with zero attached hydrogens (tertiary/aromatic N) is 2. The van der Waals surface area contributed by atoms with E-state index >= 15 is 0 Å². The molecule has 1 atom stereocenters. The van der Waals surface area contributed by atoms with Gasteiger partial charge in [0, 0.05) is 23.8 Å². The Labute approximate surface area is 168 Å². The second-order valence-corrected chi connectivity index (χ2v) is 10.1. The lowest BCUT2D eigenvalue weighted by molar-refractivity contribution is -0.149. The quantitative estimate of drug-likeness (QED) is 0.755. The topological polar surface area (TPSA) is 72.7 Å². The smallest absolute Gasteiger partial charge is 0.312 e. The van der Waals surface area contributed by atoms with Gasteiger partial charge in [0.25, 0.3) is 5.91 Å². The van der Waals surface area contributed by atoms with Crippen LogP contribution in [0.3, 0.4) is 0 Å². The van der Waals surface area contributed by atoms with Gasteiger partial charge >= 0.3 is 5.97 Å². The molecular weight excluding hydrogens is 374 g/mol. The number of nitrogens with one attached hydrogen (secondary N) is 1. The first-order chi connectivity index (χ1) is 13.5. The Morgan fingerprint density at radius 1 is 1.29 bits per heavy atom. The summed E-state index contributed by atoms with van der Waals surface area (Å²) in [5, 5.41) is 5.08. The van der Waals surface area contributed by atoms with Gasteiger partial charge in [0.2, 0.25) is 0 Å². The minimum absolute atomic E-state index is 0.0895. The molecule has 4 bridgehead atoms. The van der Waals surface area contributed by atoms with E-state index in [1.54, 1.807) is 0 Å². The van der Waals surface area contributed by atoms with Crippen molar-refractivity contribution in [2.24, 2.45) is 23.2 Å². The van der Waals surface area contributed by atoms with Crippen molar-refractivity contribution < 1.29 is 14.3 Å². The largest absolute Gasteiger partial charge is 0.455 e. The SMILES string of the molecule is C[C@H](NC(=O)COC(=O)Cc1cn2ccsc2n1)C12CC3CC(CC(C3)C1)C2. The van der Waals surface area contributed by atoms with Crippen molar-refractivity contribution >= 4 is 28.2 Å². The van der Waals surface area contributed by atoms with Gasteiger partial charge in [0.05, 0.1) is 12.1 Å². The Kier molecular flexibility index (Phi) is 4.45. The van der Waals surface area contributed by atoms with Gasteiger partial charge in [-0.05, 0) is 68.6 Å². The number of carbonyl (C=O) groups excluding carboxylic acids is 2.